The average molecular weight is 111 g/mol. The molecule has 0 saturated carbocycles. The minimum absolute atomic E-state index is 0.354. The number of hydrogen-bond acceptors (Lipinski definition) is 4. The van der Waals surface area contributed by atoms with Crippen LogP contribution < -0.4 is 5.48 Å². The van der Waals surface area contributed by atoms with Crippen molar-refractivity contribution >= 4 is 5.82 Å². The summed E-state index contributed by atoms with van der Waals surface area (Å²) >= 11 is 0. The highest BCUT2D eigenvalue weighted by molar-refractivity contribution is 5.27. The Morgan fingerprint density at radius 3 is 2.88 bits per heavy atom. The van der Waals surface area contributed by atoms with Crippen LogP contribution in [-0.2, 0) is 0 Å². The van der Waals surface area contributed by atoms with E-state index in [0.29, 0.717) is 5.82 Å². The molecule has 1 aromatic rings. The van der Waals surface area contributed by atoms with Crippen LogP contribution in [0.15, 0.2) is 18.3 Å². The molecule has 0 radical (unpaired) electrons. The Morgan fingerprint density at radius 2 is 2.50 bits per heavy atom. The summed E-state index contributed by atoms with van der Waals surface area (Å²) in [5.74, 6) is 0.354. The highest BCUT2D eigenvalue weighted by Crippen LogP contribution is 1.92. The van der Waals surface area contributed by atoms with E-state index in [1.54, 1.807) is 12.1 Å². The molecule has 8 heavy (non-hydrogen) atoms. The largest absolute Gasteiger partial charge is 0.290 e. The van der Waals surface area contributed by atoms with E-state index in [4.69, 9.17) is 5.21 Å². The summed E-state index contributed by atoms with van der Waals surface area (Å²) in [6.07, 6.45) is 1.53. The van der Waals surface area contributed by atoms with Crippen LogP contribution in [0.2, 0.25) is 0 Å². The summed E-state index contributed by atoms with van der Waals surface area (Å²) in [5, 5.41) is 15.2. The molecule has 42 valence electrons. The van der Waals surface area contributed by atoms with Gasteiger partial charge in [-0.2, -0.15) is 5.10 Å². The second-order valence-electron chi connectivity index (χ2n) is 1.22. The molecule has 0 unspecified atom stereocenters. The summed E-state index contributed by atoms with van der Waals surface area (Å²) < 4.78 is 0. The van der Waals surface area contributed by atoms with E-state index in [2.05, 4.69) is 10.2 Å². The van der Waals surface area contributed by atoms with Gasteiger partial charge in [-0.25, -0.2) is 0 Å². The standard InChI is InChI=1S/C4H5N3O/c8-7-4-2-1-3-5-6-4/h1-3,8H,(H,6,7). The minimum atomic E-state index is 0.354. The molecule has 4 nitrogen and oxygen atoms in total. The van der Waals surface area contributed by atoms with Crippen molar-refractivity contribution in [3.63, 3.8) is 0 Å². The molecule has 0 spiro atoms. The lowest BCUT2D eigenvalue weighted by molar-refractivity contribution is 0.385. The zero-order valence-electron chi connectivity index (χ0n) is 4.07. The maximum Gasteiger partial charge on any atom is 0.172 e. The molecule has 1 heterocycles. The number of hydrogen-bond donors (Lipinski definition) is 2. The number of aromatic nitrogens is 2. The van der Waals surface area contributed by atoms with Crippen LogP contribution in [0.3, 0.4) is 0 Å². The number of nitrogens with one attached hydrogen (secondary N) is 1. The molecule has 0 atom stereocenters. The third-order valence-electron chi connectivity index (χ3n) is 0.687. The van der Waals surface area contributed by atoms with Gasteiger partial charge in [-0.1, -0.05) is 0 Å². The second-order valence-corrected chi connectivity index (χ2v) is 1.22. The summed E-state index contributed by atoms with van der Waals surface area (Å²) in [6.45, 7) is 0. The highest BCUT2D eigenvalue weighted by atomic mass is 16.5. The predicted molar refractivity (Wildman–Crippen MR) is 27.4 cm³/mol. The van der Waals surface area contributed by atoms with Crippen molar-refractivity contribution in [3.05, 3.63) is 18.3 Å². The monoisotopic (exact) mass is 111 g/mol. The van der Waals surface area contributed by atoms with Gasteiger partial charge < -0.3 is 0 Å². The zero-order chi connectivity index (χ0) is 5.82. The first kappa shape index (κ1) is 4.99. The number of nitrogens with zero attached hydrogens (tertiary/aromatic N) is 2. The fourth-order valence-corrected chi connectivity index (χ4v) is 0.361. The second kappa shape index (κ2) is 2.23. The highest BCUT2D eigenvalue weighted by Gasteiger charge is 1.82. The van der Waals surface area contributed by atoms with E-state index in [1.807, 2.05) is 5.48 Å². The van der Waals surface area contributed by atoms with E-state index in [9.17, 15) is 0 Å². The molecule has 0 aliphatic carbocycles. The summed E-state index contributed by atoms with van der Waals surface area (Å²) in [5.41, 5.74) is 1.85. The Morgan fingerprint density at radius 1 is 1.62 bits per heavy atom. The first-order chi connectivity index (χ1) is 3.93. The van der Waals surface area contributed by atoms with Crippen LogP contribution in [0.4, 0.5) is 5.82 Å². The van der Waals surface area contributed by atoms with Crippen molar-refractivity contribution in [1.82, 2.24) is 10.2 Å². The Bertz CT molecular complexity index is 153. The zero-order valence-corrected chi connectivity index (χ0v) is 4.07. The lowest BCUT2D eigenvalue weighted by atomic mass is 10.5. The molecular formula is C4H5N3O. The van der Waals surface area contributed by atoms with Gasteiger partial charge in [0.2, 0.25) is 0 Å². The Balaban J connectivity index is 2.83. The van der Waals surface area contributed by atoms with E-state index in [1.165, 1.54) is 6.20 Å². The van der Waals surface area contributed by atoms with Crippen LogP contribution in [0, 0.1) is 0 Å². The smallest absolute Gasteiger partial charge is 0.172 e. The Labute approximate surface area is 46.1 Å². The molecule has 0 aliphatic heterocycles. The Kier molecular flexibility index (Phi) is 1.39. The van der Waals surface area contributed by atoms with Gasteiger partial charge in [0.25, 0.3) is 0 Å². The van der Waals surface area contributed by atoms with Crippen LogP contribution in [-0.4, -0.2) is 15.4 Å². The van der Waals surface area contributed by atoms with Crippen molar-refractivity contribution in [2.75, 3.05) is 5.48 Å². The molecule has 0 bridgehead atoms. The SMILES string of the molecule is ONc1cccnn1. The molecular weight excluding hydrogens is 106 g/mol. The quantitative estimate of drug-likeness (QED) is 0.511. The van der Waals surface area contributed by atoms with Gasteiger partial charge in [-0.05, 0) is 12.1 Å². The van der Waals surface area contributed by atoms with Crippen LogP contribution in [0.25, 0.3) is 0 Å². The summed E-state index contributed by atoms with van der Waals surface area (Å²) in [7, 11) is 0. The molecule has 4 heteroatoms. The molecule has 1 aromatic heterocycles. The molecule has 0 saturated heterocycles. The third-order valence-corrected chi connectivity index (χ3v) is 0.687. The summed E-state index contributed by atoms with van der Waals surface area (Å²) in [6, 6.07) is 3.28. The fourth-order valence-electron chi connectivity index (χ4n) is 0.361. The van der Waals surface area contributed by atoms with Gasteiger partial charge in [0.1, 0.15) is 0 Å². The van der Waals surface area contributed by atoms with Gasteiger partial charge in [0.05, 0.1) is 0 Å². The van der Waals surface area contributed by atoms with Crippen molar-refractivity contribution in [3.8, 4) is 0 Å². The van der Waals surface area contributed by atoms with Gasteiger partial charge in [0.15, 0.2) is 5.82 Å². The molecule has 1 rings (SSSR count). The van der Waals surface area contributed by atoms with Crippen molar-refractivity contribution in [2.24, 2.45) is 0 Å². The maximum atomic E-state index is 8.19. The normalized spacial score (nSPS) is 8.62. The van der Waals surface area contributed by atoms with Crippen molar-refractivity contribution in [1.29, 1.82) is 0 Å². The van der Waals surface area contributed by atoms with Crippen molar-refractivity contribution < 1.29 is 5.21 Å². The van der Waals surface area contributed by atoms with Crippen molar-refractivity contribution in [2.45, 2.75) is 0 Å². The van der Waals surface area contributed by atoms with Crippen LogP contribution >= 0.6 is 0 Å². The van der Waals surface area contributed by atoms with Gasteiger partial charge in [0, 0.05) is 6.20 Å². The van der Waals surface area contributed by atoms with E-state index in [-0.39, 0.29) is 0 Å². The number of anilines is 1. The number of rotatable bonds is 1. The van der Waals surface area contributed by atoms with Crippen LogP contribution in [0.5, 0.6) is 0 Å². The first-order valence-corrected chi connectivity index (χ1v) is 2.11. The van der Waals surface area contributed by atoms with E-state index < -0.39 is 0 Å². The van der Waals surface area contributed by atoms with Gasteiger partial charge >= 0.3 is 0 Å². The average Bonchev–Trinajstić information content (AvgIpc) is 1.90. The van der Waals surface area contributed by atoms with E-state index in [0.717, 1.165) is 0 Å². The fraction of sp³-hybridized carbons (Fsp3) is 0. The molecule has 2 N–H and O–H groups in total. The van der Waals surface area contributed by atoms with Crippen LogP contribution in [0.1, 0.15) is 0 Å². The lowest BCUT2D eigenvalue weighted by Gasteiger charge is -1.90. The minimum Gasteiger partial charge on any atom is -0.290 e. The van der Waals surface area contributed by atoms with E-state index >= 15 is 0 Å². The lowest BCUT2D eigenvalue weighted by Crippen LogP contribution is -1.92. The first-order valence-electron chi connectivity index (χ1n) is 2.11. The third kappa shape index (κ3) is 0.913. The Hall–Kier alpha value is -1.16. The summed E-state index contributed by atoms with van der Waals surface area (Å²) in [4.78, 5) is 0. The predicted octanol–water partition coefficient (Wildman–Crippen LogP) is 0.278. The molecule has 0 amide bonds. The molecule has 0 aliphatic rings. The molecule has 0 aromatic carbocycles. The molecule has 0 fully saturated rings. The van der Waals surface area contributed by atoms with Gasteiger partial charge in [-0.15, -0.1) is 5.10 Å². The maximum absolute atomic E-state index is 8.19. The van der Waals surface area contributed by atoms with Gasteiger partial charge in [-0.3, -0.25) is 10.7 Å². The topological polar surface area (TPSA) is 58.0 Å².